The quantitative estimate of drug-likeness (QED) is 0.222. The summed E-state index contributed by atoms with van der Waals surface area (Å²) in [5.74, 6) is 0. The molecule has 5 aromatic carbocycles. The molecule has 0 bridgehead atoms. The molecule has 0 fully saturated rings. The first-order chi connectivity index (χ1) is 12.2. The van der Waals surface area contributed by atoms with Gasteiger partial charge in [0.1, 0.15) is 0 Å². The van der Waals surface area contributed by atoms with Gasteiger partial charge in [0.05, 0.1) is 4.92 Å². The SMILES string of the molecule is O=[N+]([O-])c1ccc(-c2cc3ccc4cccc5ccc(c2)c3c45)cc1. The van der Waals surface area contributed by atoms with Crippen LogP contribution in [0.1, 0.15) is 0 Å². The van der Waals surface area contributed by atoms with E-state index in [1.54, 1.807) is 12.1 Å². The zero-order valence-corrected chi connectivity index (χ0v) is 13.3. The molecule has 0 aromatic heterocycles. The average molecular weight is 323 g/mol. The Morgan fingerprint density at radius 2 is 1.12 bits per heavy atom. The number of nitro benzene ring substituents is 1. The Hall–Kier alpha value is -3.46. The summed E-state index contributed by atoms with van der Waals surface area (Å²) >= 11 is 0. The van der Waals surface area contributed by atoms with Gasteiger partial charge < -0.3 is 0 Å². The highest BCUT2D eigenvalue weighted by Gasteiger charge is 2.11. The third-order valence-electron chi connectivity index (χ3n) is 4.87. The van der Waals surface area contributed by atoms with Gasteiger partial charge >= 0.3 is 0 Å². The number of nitro groups is 1. The predicted molar refractivity (Wildman–Crippen MR) is 102 cm³/mol. The molecule has 0 N–H and O–H groups in total. The topological polar surface area (TPSA) is 43.1 Å². The van der Waals surface area contributed by atoms with Crippen molar-refractivity contribution in [3.8, 4) is 11.1 Å². The minimum atomic E-state index is -0.371. The summed E-state index contributed by atoms with van der Waals surface area (Å²) in [5, 5.41) is 18.3. The molecule has 25 heavy (non-hydrogen) atoms. The van der Waals surface area contributed by atoms with Crippen molar-refractivity contribution in [2.24, 2.45) is 0 Å². The molecule has 5 rings (SSSR count). The lowest BCUT2D eigenvalue weighted by atomic mass is 9.91. The lowest BCUT2D eigenvalue weighted by molar-refractivity contribution is -0.384. The van der Waals surface area contributed by atoms with Gasteiger partial charge in [0.2, 0.25) is 0 Å². The normalized spacial score (nSPS) is 11.5. The van der Waals surface area contributed by atoms with Crippen molar-refractivity contribution in [2.75, 3.05) is 0 Å². The van der Waals surface area contributed by atoms with Crippen molar-refractivity contribution in [2.45, 2.75) is 0 Å². The molecular weight excluding hydrogens is 310 g/mol. The molecule has 5 aromatic rings. The second kappa shape index (κ2) is 5.02. The number of nitrogens with zero attached hydrogens (tertiary/aromatic N) is 1. The van der Waals surface area contributed by atoms with Crippen LogP contribution in [0.5, 0.6) is 0 Å². The van der Waals surface area contributed by atoms with Crippen molar-refractivity contribution < 1.29 is 4.92 Å². The van der Waals surface area contributed by atoms with E-state index in [9.17, 15) is 10.1 Å². The van der Waals surface area contributed by atoms with Crippen molar-refractivity contribution >= 4 is 38.0 Å². The molecule has 0 unspecified atom stereocenters. The Kier molecular flexibility index (Phi) is 2.80. The lowest BCUT2D eigenvalue weighted by Crippen LogP contribution is -1.88. The van der Waals surface area contributed by atoms with Crippen molar-refractivity contribution in [3.05, 3.63) is 89.0 Å². The van der Waals surface area contributed by atoms with E-state index in [-0.39, 0.29) is 10.6 Å². The maximum absolute atomic E-state index is 10.9. The Balaban J connectivity index is 1.79. The minimum absolute atomic E-state index is 0.112. The highest BCUT2D eigenvalue weighted by molar-refractivity contribution is 6.23. The molecular formula is C22H13NO2. The minimum Gasteiger partial charge on any atom is -0.258 e. The maximum Gasteiger partial charge on any atom is 0.269 e. The van der Waals surface area contributed by atoms with Crippen LogP contribution in [0.4, 0.5) is 5.69 Å². The fourth-order valence-corrected chi connectivity index (χ4v) is 3.70. The number of non-ortho nitro benzene ring substituents is 1. The van der Waals surface area contributed by atoms with Gasteiger partial charge in [0, 0.05) is 12.1 Å². The van der Waals surface area contributed by atoms with Gasteiger partial charge in [0.15, 0.2) is 0 Å². The molecule has 0 spiro atoms. The first kappa shape index (κ1) is 13.9. The van der Waals surface area contributed by atoms with E-state index in [4.69, 9.17) is 0 Å². The van der Waals surface area contributed by atoms with Gasteiger partial charge in [-0.05, 0) is 67.7 Å². The van der Waals surface area contributed by atoms with Crippen molar-refractivity contribution in [1.82, 2.24) is 0 Å². The standard InChI is InChI=1S/C22H13NO2/c24-23(25)20-10-8-14(9-11-20)19-12-17-6-4-15-2-1-3-16-5-7-18(13-19)22(17)21(15)16/h1-13H. The van der Waals surface area contributed by atoms with E-state index in [1.807, 2.05) is 12.1 Å². The molecule has 0 saturated carbocycles. The van der Waals surface area contributed by atoms with E-state index < -0.39 is 0 Å². The number of benzene rings is 5. The third kappa shape index (κ3) is 2.06. The van der Waals surface area contributed by atoms with E-state index in [0.717, 1.165) is 11.1 Å². The van der Waals surface area contributed by atoms with E-state index in [2.05, 4.69) is 54.6 Å². The first-order valence-corrected chi connectivity index (χ1v) is 8.13. The van der Waals surface area contributed by atoms with Crippen LogP contribution in [0.2, 0.25) is 0 Å². The zero-order valence-electron chi connectivity index (χ0n) is 13.3. The van der Waals surface area contributed by atoms with Gasteiger partial charge in [-0.25, -0.2) is 0 Å². The molecule has 3 heteroatoms. The largest absolute Gasteiger partial charge is 0.269 e. The summed E-state index contributed by atoms with van der Waals surface area (Å²) in [4.78, 5) is 10.5. The molecule has 0 atom stereocenters. The maximum atomic E-state index is 10.9. The zero-order chi connectivity index (χ0) is 17.0. The van der Waals surface area contributed by atoms with Gasteiger partial charge in [0.25, 0.3) is 5.69 Å². The summed E-state index contributed by atoms with van der Waals surface area (Å²) < 4.78 is 0. The lowest BCUT2D eigenvalue weighted by Gasteiger charge is -2.12. The second-order valence-corrected chi connectivity index (χ2v) is 6.31. The smallest absolute Gasteiger partial charge is 0.258 e. The number of hydrogen-bond acceptors (Lipinski definition) is 2. The molecule has 118 valence electrons. The van der Waals surface area contributed by atoms with Crippen LogP contribution in [-0.4, -0.2) is 4.92 Å². The fraction of sp³-hybridized carbons (Fsp3) is 0. The predicted octanol–water partition coefficient (Wildman–Crippen LogP) is 6.16. The van der Waals surface area contributed by atoms with Gasteiger partial charge in [-0.15, -0.1) is 0 Å². The molecule has 0 aliphatic rings. The highest BCUT2D eigenvalue weighted by Crippen LogP contribution is 2.37. The van der Waals surface area contributed by atoms with Crippen LogP contribution in [0.3, 0.4) is 0 Å². The third-order valence-corrected chi connectivity index (χ3v) is 4.87. The number of hydrogen-bond donors (Lipinski definition) is 0. The highest BCUT2D eigenvalue weighted by atomic mass is 16.6. The molecule has 0 radical (unpaired) electrons. The Morgan fingerprint density at radius 3 is 1.68 bits per heavy atom. The van der Waals surface area contributed by atoms with Crippen molar-refractivity contribution in [1.29, 1.82) is 0 Å². The average Bonchev–Trinajstić information content (AvgIpc) is 2.66. The van der Waals surface area contributed by atoms with E-state index in [0.29, 0.717) is 0 Å². The van der Waals surface area contributed by atoms with E-state index >= 15 is 0 Å². The molecule has 0 saturated heterocycles. The van der Waals surface area contributed by atoms with Crippen LogP contribution in [-0.2, 0) is 0 Å². The molecule has 0 heterocycles. The van der Waals surface area contributed by atoms with Crippen molar-refractivity contribution in [3.63, 3.8) is 0 Å². The van der Waals surface area contributed by atoms with Gasteiger partial charge in [-0.3, -0.25) is 10.1 Å². The molecule has 0 aliphatic carbocycles. The van der Waals surface area contributed by atoms with Crippen LogP contribution in [0.15, 0.2) is 78.9 Å². The number of rotatable bonds is 2. The van der Waals surface area contributed by atoms with E-state index in [1.165, 1.54) is 32.3 Å². The summed E-state index contributed by atoms with van der Waals surface area (Å²) in [5.41, 5.74) is 2.17. The Labute approximate surface area is 143 Å². The van der Waals surface area contributed by atoms with Crippen LogP contribution >= 0.6 is 0 Å². The van der Waals surface area contributed by atoms with Gasteiger partial charge in [-0.2, -0.15) is 0 Å². The monoisotopic (exact) mass is 323 g/mol. The van der Waals surface area contributed by atoms with Crippen LogP contribution in [0, 0.1) is 10.1 Å². The fourth-order valence-electron chi connectivity index (χ4n) is 3.70. The second-order valence-electron chi connectivity index (χ2n) is 6.31. The van der Waals surface area contributed by atoms with Gasteiger partial charge in [-0.1, -0.05) is 42.5 Å². The first-order valence-electron chi connectivity index (χ1n) is 8.13. The van der Waals surface area contributed by atoms with Crippen LogP contribution < -0.4 is 0 Å². The summed E-state index contributed by atoms with van der Waals surface area (Å²) in [7, 11) is 0. The molecule has 3 nitrogen and oxygen atoms in total. The summed E-state index contributed by atoms with van der Waals surface area (Å²) in [6.45, 7) is 0. The summed E-state index contributed by atoms with van der Waals surface area (Å²) in [6.07, 6.45) is 0. The molecule has 0 aliphatic heterocycles. The van der Waals surface area contributed by atoms with Crippen LogP contribution in [0.25, 0.3) is 43.4 Å². The summed E-state index contributed by atoms with van der Waals surface area (Å²) in [6, 6.07) is 26.0. The Morgan fingerprint density at radius 1 is 0.600 bits per heavy atom. The Bertz CT molecular complexity index is 1190. The molecule has 0 amide bonds.